The Morgan fingerprint density at radius 2 is 1.94 bits per heavy atom. The van der Waals surface area contributed by atoms with Crippen molar-refractivity contribution >= 4 is 23.3 Å². The van der Waals surface area contributed by atoms with E-state index in [0.29, 0.717) is 4.90 Å². The highest BCUT2D eigenvalue weighted by Crippen LogP contribution is 2.29. The summed E-state index contributed by atoms with van der Waals surface area (Å²) in [4.78, 5) is 11.1. The fourth-order valence-electron chi connectivity index (χ4n) is 1.52. The number of benzene rings is 2. The van der Waals surface area contributed by atoms with Gasteiger partial charge in [-0.15, -0.1) is 0 Å². The van der Waals surface area contributed by atoms with E-state index in [4.69, 9.17) is 0 Å². The van der Waals surface area contributed by atoms with Gasteiger partial charge in [-0.05, 0) is 42.6 Å². The maximum Gasteiger partial charge on any atom is 0.284 e. The van der Waals surface area contributed by atoms with Gasteiger partial charge in [-0.1, -0.05) is 24.3 Å². The summed E-state index contributed by atoms with van der Waals surface area (Å²) in [6.45, 7) is 2.00. The lowest BCUT2D eigenvalue weighted by Crippen LogP contribution is -1.93. The second-order valence-corrected chi connectivity index (χ2v) is 4.65. The molecule has 0 radical (unpaired) electrons. The van der Waals surface area contributed by atoms with Gasteiger partial charge in [-0.3, -0.25) is 10.1 Å². The third-order valence-corrected chi connectivity index (χ3v) is 3.26. The van der Waals surface area contributed by atoms with E-state index < -0.39 is 0 Å². The Morgan fingerprint density at radius 3 is 2.67 bits per heavy atom. The van der Waals surface area contributed by atoms with E-state index in [9.17, 15) is 10.1 Å². The highest BCUT2D eigenvalue weighted by atomic mass is 32.2. The van der Waals surface area contributed by atoms with E-state index in [1.165, 1.54) is 18.0 Å². The van der Waals surface area contributed by atoms with Gasteiger partial charge in [-0.2, -0.15) is 0 Å². The van der Waals surface area contributed by atoms with Crippen LogP contribution in [-0.4, -0.2) is 4.92 Å². The van der Waals surface area contributed by atoms with Crippen LogP contribution in [0.4, 0.5) is 11.4 Å². The van der Waals surface area contributed by atoms with Gasteiger partial charge in [0.2, 0.25) is 0 Å². The summed E-state index contributed by atoms with van der Waals surface area (Å²) in [6, 6.07) is 14.5. The van der Waals surface area contributed by atoms with Crippen molar-refractivity contribution in [1.29, 1.82) is 0 Å². The highest BCUT2D eigenvalue weighted by molar-refractivity contribution is 8.00. The fourth-order valence-corrected chi connectivity index (χ4v) is 2.27. The van der Waals surface area contributed by atoms with Crippen LogP contribution >= 0.6 is 11.9 Å². The van der Waals surface area contributed by atoms with Crippen molar-refractivity contribution < 1.29 is 4.92 Å². The molecule has 0 heterocycles. The van der Waals surface area contributed by atoms with E-state index in [1.54, 1.807) is 18.2 Å². The Kier molecular flexibility index (Phi) is 3.84. The van der Waals surface area contributed by atoms with Crippen molar-refractivity contribution in [2.24, 2.45) is 0 Å². The predicted octanol–water partition coefficient (Wildman–Crippen LogP) is 4.02. The molecule has 0 atom stereocenters. The van der Waals surface area contributed by atoms with E-state index in [0.717, 1.165) is 11.3 Å². The molecule has 5 heteroatoms. The van der Waals surface area contributed by atoms with E-state index in [2.05, 4.69) is 4.72 Å². The molecule has 0 amide bonds. The highest BCUT2D eigenvalue weighted by Gasteiger charge is 2.12. The normalized spacial score (nSPS) is 10.1. The summed E-state index contributed by atoms with van der Waals surface area (Å²) in [5.74, 6) is 0. The van der Waals surface area contributed by atoms with Gasteiger partial charge in [0.25, 0.3) is 5.69 Å². The number of aryl methyl sites for hydroxylation is 1. The summed E-state index contributed by atoms with van der Waals surface area (Å²) < 4.78 is 3.11. The lowest BCUT2D eigenvalue weighted by molar-refractivity contribution is -0.387. The molecule has 18 heavy (non-hydrogen) atoms. The number of anilines is 1. The first kappa shape index (κ1) is 12.4. The molecule has 1 N–H and O–H groups in total. The number of hydrogen-bond donors (Lipinski definition) is 1. The van der Waals surface area contributed by atoms with Crippen LogP contribution in [0.1, 0.15) is 5.56 Å². The minimum Gasteiger partial charge on any atom is -0.325 e. The molecule has 0 spiro atoms. The molecule has 0 aromatic heterocycles. The fraction of sp³-hybridized carbons (Fsp3) is 0.0769. The van der Waals surface area contributed by atoms with Gasteiger partial charge < -0.3 is 4.72 Å². The van der Waals surface area contributed by atoms with Crippen LogP contribution in [0.5, 0.6) is 0 Å². The van der Waals surface area contributed by atoms with Gasteiger partial charge in [-0.25, -0.2) is 0 Å². The van der Waals surface area contributed by atoms with Crippen LogP contribution < -0.4 is 4.72 Å². The number of nitrogens with zero attached hydrogens (tertiary/aromatic N) is 1. The number of nitrogens with one attached hydrogen (secondary N) is 1. The average Bonchev–Trinajstić information content (AvgIpc) is 2.37. The number of nitro benzene ring substituents is 1. The smallest absolute Gasteiger partial charge is 0.284 e. The minimum absolute atomic E-state index is 0.114. The Morgan fingerprint density at radius 1 is 1.17 bits per heavy atom. The average molecular weight is 260 g/mol. The maximum absolute atomic E-state index is 10.9. The summed E-state index contributed by atoms with van der Waals surface area (Å²) in [5.41, 5.74) is 2.18. The second kappa shape index (κ2) is 5.55. The van der Waals surface area contributed by atoms with Crippen molar-refractivity contribution in [3.63, 3.8) is 0 Å². The summed E-state index contributed by atoms with van der Waals surface area (Å²) in [6.07, 6.45) is 0. The zero-order valence-electron chi connectivity index (χ0n) is 9.79. The van der Waals surface area contributed by atoms with E-state index >= 15 is 0 Å². The van der Waals surface area contributed by atoms with Crippen LogP contribution in [0.3, 0.4) is 0 Å². The Bertz CT molecular complexity index is 572. The number of nitro groups is 1. The predicted molar refractivity (Wildman–Crippen MR) is 73.8 cm³/mol. The molecule has 4 nitrogen and oxygen atoms in total. The summed E-state index contributed by atoms with van der Waals surface area (Å²) in [7, 11) is 0. The van der Waals surface area contributed by atoms with Crippen molar-refractivity contribution in [3.05, 3.63) is 64.2 Å². The first-order chi connectivity index (χ1) is 8.66. The number of hydrogen-bond acceptors (Lipinski definition) is 4. The molecule has 0 saturated carbocycles. The minimum atomic E-state index is -0.375. The molecule has 0 aliphatic rings. The molecule has 0 unspecified atom stereocenters. The Hall–Kier alpha value is -2.01. The van der Waals surface area contributed by atoms with Crippen molar-refractivity contribution in [2.75, 3.05) is 4.72 Å². The van der Waals surface area contributed by atoms with E-state index in [-0.39, 0.29) is 10.6 Å². The van der Waals surface area contributed by atoms with Crippen LogP contribution in [0.2, 0.25) is 0 Å². The molecule has 2 rings (SSSR count). The third kappa shape index (κ3) is 3.01. The van der Waals surface area contributed by atoms with Gasteiger partial charge >= 0.3 is 0 Å². The van der Waals surface area contributed by atoms with Crippen LogP contribution in [0.25, 0.3) is 0 Å². The second-order valence-electron chi connectivity index (χ2n) is 3.80. The van der Waals surface area contributed by atoms with Gasteiger partial charge in [0.05, 0.1) is 4.92 Å². The van der Waals surface area contributed by atoms with Crippen LogP contribution in [0.15, 0.2) is 53.4 Å². The molecule has 0 bridgehead atoms. The lowest BCUT2D eigenvalue weighted by atomic mass is 10.2. The summed E-state index contributed by atoms with van der Waals surface area (Å²) >= 11 is 1.25. The monoisotopic (exact) mass is 260 g/mol. The number of para-hydroxylation sites is 1. The van der Waals surface area contributed by atoms with Crippen molar-refractivity contribution in [3.8, 4) is 0 Å². The largest absolute Gasteiger partial charge is 0.325 e. The molecule has 0 fully saturated rings. The standard InChI is InChI=1S/C13H12N2O2S/c1-10-5-4-6-11(9-10)14-18-13-8-3-2-7-12(13)15(16)17/h2-9,14H,1H3. The topological polar surface area (TPSA) is 55.2 Å². The first-order valence-electron chi connectivity index (χ1n) is 5.40. The quantitative estimate of drug-likeness (QED) is 0.512. The zero-order chi connectivity index (χ0) is 13.0. The third-order valence-electron chi connectivity index (χ3n) is 2.36. The lowest BCUT2D eigenvalue weighted by Gasteiger charge is -2.06. The van der Waals surface area contributed by atoms with Crippen LogP contribution in [0, 0.1) is 17.0 Å². The SMILES string of the molecule is Cc1cccc(NSc2ccccc2[N+](=O)[O-])c1. The Labute approximate surface area is 109 Å². The van der Waals surface area contributed by atoms with Gasteiger partial charge in [0.15, 0.2) is 0 Å². The molecule has 2 aromatic carbocycles. The number of rotatable bonds is 4. The molecule has 0 aliphatic heterocycles. The Balaban J connectivity index is 2.13. The first-order valence-corrected chi connectivity index (χ1v) is 6.21. The maximum atomic E-state index is 10.9. The van der Waals surface area contributed by atoms with E-state index in [1.807, 2.05) is 31.2 Å². The molecule has 2 aromatic rings. The van der Waals surface area contributed by atoms with Crippen molar-refractivity contribution in [2.45, 2.75) is 11.8 Å². The van der Waals surface area contributed by atoms with Crippen LogP contribution in [-0.2, 0) is 0 Å². The molecule has 0 aliphatic carbocycles. The van der Waals surface area contributed by atoms with Gasteiger partial charge in [0.1, 0.15) is 4.90 Å². The molecule has 0 saturated heterocycles. The molecule has 92 valence electrons. The summed E-state index contributed by atoms with van der Waals surface area (Å²) in [5, 5.41) is 10.9. The zero-order valence-corrected chi connectivity index (χ0v) is 10.6. The molecular weight excluding hydrogens is 248 g/mol. The van der Waals surface area contributed by atoms with Crippen molar-refractivity contribution in [1.82, 2.24) is 0 Å². The molecular formula is C13H12N2O2S. The van der Waals surface area contributed by atoms with Gasteiger partial charge in [0, 0.05) is 11.8 Å².